The topological polar surface area (TPSA) is 51.0 Å². The monoisotopic (exact) mass is 412 g/mol. The molecule has 2 heterocycles. The van der Waals surface area contributed by atoms with Gasteiger partial charge in [-0.05, 0) is 41.8 Å². The Morgan fingerprint density at radius 1 is 1.18 bits per heavy atom. The number of imidazole rings is 1. The molecule has 144 valence electrons. The van der Waals surface area contributed by atoms with E-state index in [0.717, 1.165) is 27.7 Å². The summed E-state index contributed by atoms with van der Waals surface area (Å²) in [7, 11) is 5.62. The van der Waals surface area contributed by atoms with Gasteiger partial charge >= 0.3 is 0 Å². The molecule has 1 saturated carbocycles. The van der Waals surface area contributed by atoms with Crippen molar-refractivity contribution in [3.63, 3.8) is 0 Å². The van der Waals surface area contributed by atoms with Crippen LogP contribution in [0.1, 0.15) is 17.9 Å². The lowest BCUT2D eigenvalue weighted by Crippen LogP contribution is -2.23. The SMILES string of the molecule is CN(C)C(=O)[C@H]1C[C@@H]1c1ccc(-c2c(Sc3ccc(Cl)cn3)ncn2C)cc1. The summed E-state index contributed by atoms with van der Waals surface area (Å²) in [5.41, 5.74) is 3.36. The Hall–Kier alpha value is -2.31. The summed E-state index contributed by atoms with van der Waals surface area (Å²) in [6.07, 6.45) is 4.39. The van der Waals surface area contributed by atoms with Crippen molar-refractivity contribution in [3.8, 4) is 11.3 Å². The Labute approximate surface area is 173 Å². The van der Waals surface area contributed by atoms with E-state index in [1.54, 1.807) is 11.1 Å². The Morgan fingerprint density at radius 2 is 1.93 bits per heavy atom. The summed E-state index contributed by atoms with van der Waals surface area (Å²) >= 11 is 7.44. The van der Waals surface area contributed by atoms with E-state index in [1.807, 2.05) is 44.2 Å². The summed E-state index contributed by atoms with van der Waals surface area (Å²) in [5.74, 6) is 0.678. The number of carbonyl (C=O) groups excluding carboxylic acids is 1. The lowest BCUT2D eigenvalue weighted by atomic mass is 10.0. The summed E-state index contributed by atoms with van der Waals surface area (Å²) in [4.78, 5) is 22.7. The number of nitrogens with zero attached hydrogens (tertiary/aromatic N) is 4. The Balaban J connectivity index is 1.54. The van der Waals surface area contributed by atoms with E-state index in [-0.39, 0.29) is 11.8 Å². The fourth-order valence-corrected chi connectivity index (χ4v) is 4.40. The van der Waals surface area contributed by atoms with Crippen molar-refractivity contribution in [1.82, 2.24) is 19.4 Å². The highest BCUT2D eigenvalue weighted by molar-refractivity contribution is 7.99. The molecule has 0 radical (unpaired) electrons. The van der Waals surface area contributed by atoms with E-state index in [0.29, 0.717) is 10.9 Å². The molecule has 1 amide bonds. The normalized spacial score (nSPS) is 18.1. The molecule has 5 nitrogen and oxygen atoms in total. The van der Waals surface area contributed by atoms with Gasteiger partial charge in [0, 0.05) is 38.8 Å². The van der Waals surface area contributed by atoms with Crippen LogP contribution in [0.15, 0.2) is 59.0 Å². The van der Waals surface area contributed by atoms with E-state index < -0.39 is 0 Å². The molecule has 2 aromatic heterocycles. The first-order chi connectivity index (χ1) is 13.4. The maximum atomic E-state index is 12.1. The van der Waals surface area contributed by atoms with Crippen LogP contribution >= 0.6 is 23.4 Å². The van der Waals surface area contributed by atoms with Crippen molar-refractivity contribution in [2.75, 3.05) is 14.1 Å². The van der Waals surface area contributed by atoms with Gasteiger partial charge in [0.1, 0.15) is 10.1 Å². The van der Waals surface area contributed by atoms with Crippen LogP contribution in [0.2, 0.25) is 5.02 Å². The molecule has 4 rings (SSSR count). The maximum absolute atomic E-state index is 12.1. The number of pyridine rings is 1. The predicted octanol–water partition coefficient (Wildman–Crippen LogP) is 4.48. The minimum Gasteiger partial charge on any atom is -0.349 e. The van der Waals surface area contributed by atoms with Gasteiger partial charge in [-0.25, -0.2) is 9.97 Å². The average molecular weight is 413 g/mol. The van der Waals surface area contributed by atoms with Crippen molar-refractivity contribution in [1.29, 1.82) is 0 Å². The second-order valence-corrected chi connectivity index (χ2v) is 8.67. The van der Waals surface area contributed by atoms with Gasteiger partial charge in [-0.15, -0.1) is 0 Å². The molecule has 2 atom stereocenters. The summed E-state index contributed by atoms with van der Waals surface area (Å²) in [6.45, 7) is 0. The Morgan fingerprint density at radius 3 is 2.57 bits per heavy atom. The zero-order valence-electron chi connectivity index (χ0n) is 16.0. The van der Waals surface area contributed by atoms with E-state index in [2.05, 4.69) is 34.2 Å². The molecule has 3 aromatic rings. The second-order valence-electron chi connectivity index (χ2n) is 7.23. The Kier molecular flexibility index (Phi) is 5.17. The standard InChI is InChI=1S/C21H21ClN4OS/c1-25(2)21(27)17-10-16(17)13-4-6-14(7-5-13)19-20(24-12-26(19)3)28-18-9-8-15(22)11-23-18/h4-9,11-12,16-17H,10H2,1-3H3/t16-,17+/m1/s1. The summed E-state index contributed by atoms with van der Waals surface area (Å²) in [6, 6.07) is 12.2. The highest BCUT2D eigenvalue weighted by Crippen LogP contribution is 2.48. The van der Waals surface area contributed by atoms with Gasteiger partial charge in [0.2, 0.25) is 5.91 Å². The second kappa shape index (κ2) is 7.60. The number of hydrogen-bond donors (Lipinski definition) is 0. The van der Waals surface area contributed by atoms with Gasteiger partial charge in [0.25, 0.3) is 0 Å². The molecule has 0 bridgehead atoms. The van der Waals surface area contributed by atoms with Crippen LogP contribution in [0.5, 0.6) is 0 Å². The van der Waals surface area contributed by atoms with Crippen LogP contribution in [0, 0.1) is 5.92 Å². The molecule has 1 aliphatic rings. The Bertz CT molecular complexity index is 998. The molecule has 1 fully saturated rings. The van der Waals surface area contributed by atoms with Crippen molar-refractivity contribution in [2.45, 2.75) is 22.4 Å². The molecule has 7 heteroatoms. The van der Waals surface area contributed by atoms with Gasteiger partial charge in [-0.3, -0.25) is 4.79 Å². The fourth-order valence-electron chi connectivity index (χ4n) is 3.39. The van der Waals surface area contributed by atoms with Crippen LogP contribution in [0.25, 0.3) is 11.3 Å². The van der Waals surface area contributed by atoms with E-state index in [4.69, 9.17) is 11.6 Å². The number of aromatic nitrogens is 3. The zero-order valence-corrected chi connectivity index (χ0v) is 17.5. The van der Waals surface area contributed by atoms with Crippen LogP contribution < -0.4 is 0 Å². The quantitative estimate of drug-likeness (QED) is 0.620. The average Bonchev–Trinajstić information content (AvgIpc) is 3.40. The van der Waals surface area contributed by atoms with Crippen LogP contribution in [-0.4, -0.2) is 39.4 Å². The molecule has 1 aliphatic carbocycles. The van der Waals surface area contributed by atoms with Crippen LogP contribution in [0.3, 0.4) is 0 Å². The zero-order chi connectivity index (χ0) is 19.8. The van der Waals surface area contributed by atoms with Crippen molar-refractivity contribution in [2.24, 2.45) is 13.0 Å². The third-order valence-corrected chi connectivity index (χ3v) is 6.13. The first kappa shape index (κ1) is 19.0. The van der Waals surface area contributed by atoms with Gasteiger partial charge in [-0.2, -0.15) is 0 Å². The highest BCUT2D eigenvalue weighted by Gasteiger charge is 2.44. The van der Waals surface area contributed by atoms with Crippen molar-refractivity contribution in [3.05, 3.63) is 59.5 Å². The first-order valence-corrected chi connectivity index (χ1v) is 10.3. The third-order valence-electron chi connectivity index (χ3n) is 4.97. The largest absolute Gasteiger partial charge is 0.349 e. The molecule has 0 N–H and O–H groups in total. The molecule has 1 aromatic carbocycles. The molecular formula is C21H21ClN4OS. The summed E-state index contributed by atoms with van der Waals surface area (Å²) in [5, 5.41) is 2.37. The van der Waals surface area contributed by atoms with E-state index in [1.165, 1.54) is 17.3 Å². The van der Waals surface area contributed by atoms with Crippen LogP contribution in [-0.2, 0) is 11.8 Å². The first-order valence-electron chi connectivity index (χ1n) is 9.06. The van der Waals surface area contributed by atoms with Gasteiger partial charge in [0.15, 0.2) is 0 Å². The molecule has 0 aliphatic heterocycles. The smallest absolute Gasteiger partial charge is 0.225 e. The number of rotatable bonds is 5. The number of benzene rings is 1. The number of halogens is 1. The number of carbonyl (C=O) groups is 1. The molecule has 0 spiro atoms. The number of hydrogen-bond acceptors (Lipinski definition) is 4. The number of amides is 1. The lowest BCUT2D eigenvalue weighted by Gasteiger charge is -2.10. The minimum absolute atomic E-state index is 0.125. The molecule has 0 unspecified atom stereocenters. The lowest BCUT2D eigenvalue weighted by molar-refractivity contribution is -0.130. The molecule has 0 saturated heterocycles. The maximum Gasteiger partial charge on any atom is 0.225 e. The third kappa shape index (κ3) is 3.80. The fraction of sp³-hybridized carbons (Fsp3) is 0.286. The van der Waals surface area contributed by atoms with Gasteiger partial charge < -0.3 is 9.47 Å². The predicted molar refractivity (Wildman–Crippen MR) is 112 cm³/mol. The number of aryl methyl sites for hydroxylation is 1. The van der Waals surface area contributed by atoms with E-state index in [9.17, 15) is 4.79 Å². The van der Waals surface area contributed by atoms with Crippen molar-refractivity contribution < 1.29 is 4.79 Å². The summed E-state index contributed by atoms with van der Waals surface area (Å²) < 4.78 is 2.02. The molecular weight excluding hydrogens is 392 g/mol. The van der Waals surface area contributed by atoms with Gasteiger partial charge in [-0.1, -0.05) is 35.9 Å². The van der Waals surface area contributed by atoms with Crippen LogP contribution in [0.4, 0.5) is 0 Å². The van der Waals surface area contributed by atoms with E-state index >= 15 is 0 Å². The molecule has 28 heavy (non-hydrogen) atoms. The van der Waals surface area contributed by atoms with Gasteiger partial charge in [0.05, 0.1) is 17.0 Å². The minimum atomic E-state index is 0.125. The van der Waals surface area contributed by atoms with Crippen molar-refractivity contribution >= 4 is 29.3 Å². The highest BCUT2D eigenvalue weighted by atomic mass is 35.5.